The van der Waals surface area contributed by atoms with Crippen molar-refractivity contribution in [3.05, 3.63) is 71.3 Å². The van der Waals surface area contributed by atoms with Crippen LogP contribution in [0.4, 0.5) is 0 Å². The van der Waals surface area contributed by atoms with Crippen LogP contribution in [0, 0.1) is 6.92 Å². The van der Waals surface area contributed by atoms with Crippen molar-refractivity contribution >= 4 is 12.4 Å². The number of hydrogen-bond donors (Lipinski definition) is 0. The average molecular weight is 252 g/mol. The van der Waals surface area contributed by atoms with Crippen molar-refractivity contribution < 1.29 is 9.53 Å². The lowest BCUT2D eigenvalue weighted by Crippen LogP contribution is -1.97. The number of ether oxygens (including phenoxy) is 1. The van der Waals surface area contributed by atoms with Crippen molar-refractivity contribution in [2.24, 2.45) is 0 Å². The van der Waals surface area contributed by atoms with Crippen LogP contribution in [-0.2, 0) is 11.4 Å². The zero-order valence-corrected chi connectivity index (χ0v) is 10.9. The third-order valence-corrected chi connectivity index (χ3v) is 2.82. The van der Waals surface area contributed by atoms with Crippen LogP contribution in [0.25, 0.3) is 6.08 Å². The molecular weight excluding hydrogens is 236 g/mol. The van der Waals surface area contributed by atoms with E-state index >= 15 is 0 Å². The van der Waals surface area contributed by atoms with Crippen molar-refractivity contribution in [1.82, 2.24) is 0 Å². The van der Waals surface area contributed by atoms with Crippen LogP contribution >= 0.6 is 0 Å². The number of carbonyl (C=O) groups is 1. The molecule has 0 atom stereocenters. The van der Waals surface area contributed by atoms with Gasteiger partial charge in [0.2, 0.25) is 0 Å². The Bertz CT molecular complexity index is 571. The van der Waals surface area contributed by atoms with Gasteiger partial charge in [-0.25, -0.2) is 0 Å². The summed E-state index contributed by atoms with van der Waals surface area (Å²) < 4.78 is 5.82. The molecule has 2 heteroatoms. The van der Waals surface area contributed by atoms with Gasteiger partial charge < -0.3 is 4.74 Å². The monoisotopic (exact) mass is 252 g/mol. The number of carbonyl (C=O) groups excluding carboxylic acids is 1. The third kappa shape index (κ3) is 3.81. The molecule has 0 aromatic heterocycles. The molecule has 2 aromatic carbocycles. The Labute approximate surface area is 113 Å². The van der Waals surface area contributed by atoms with Gasteiger partial charge in [-0.15, -0.1) is 0 Å². The fourth-order valence-electron chi connectivity index (χ4n) is 1.76. The minimum atomic E-state index is 0.544. The molecule has 19 heavy (non-hydrogen) atoms. The second kappa shape index (κ2) is 6.55. The molecule has 0 amide bonds. The van der Waals surface area contributed by atoms with E-state index in [1.165, 1.54) is 6.08 Å². The highest BCUT2D eigenvalue weighted by molar-refractivity contribution is 5.74. The van der Waals surface area contributed by atoms with E-state index < -0.39 is 0 Å². The molecule has 0 saturated carbocycles. The summed E-state index contributed by atoms with van der Waals surface area (Å²) in [6, 6.07) is 15.9. The number of allylic oxidation sites excluding steroid dienone is 1. The summed E-state index contributed by atoms with van der Waals surface area (Å²) >= 11 is 0. The maximum absolute atomic E-state index is 10.3. The first-order chi connectivity index (χ1) is 9.29. The smallest absolute Gasteiger partial charge is 0.142 e. The summed E-state index contributed by atoms with van der Waals surface area (Å²) in [6.07, 6.45) is 4.01. The van der Waals surface area contributed by atoms with Gasteiger partial charge in [0.15, 0.2) is 0 Å². The van der Waals surface area contributed by atoms with Gasteiger partial charge >= 0.3 is 0 Å². The highest BCUT2D eigenvalue weighted by Gasteiger charge is 2.01. The molecule has 0 spiro atoms. The third-order valence-electron chi connectivity index (χ3n) is 2.82. The van der Waals surface area contributed by atoms with E-state index in [2.05, 4.69) is 0 Å². The van der Waals surface area contributed by atoms with E-state index in [4.69, 9.17) is 4.74 Å². The van der Waals surface area contributed by atoms with E-state index in [0.29, 0.717) is 6.61 Å². The van der Waals surface area contributed by atoms with E-state index in [-0.39, 0.29) is 0 Å². The van der Waals surface area contributed by atoms with Crippen molar-refractivity contribution in [2.75, 3.05) is 0 Å². The van der Waals surface area contributed by atoms with Crippen molar-refractivity contribution in [1.29, 1.82) is 0 Å². The fraction of sp³-hybridized carbons (Fsp3) is 0.118. The number of rotatable bonds is 5. The number of benzene rings is 2. The predicted molar refractivity (Wildman–Crippen MR) is 77.1 cm³/mol. The predicted octanol–water partition coefficient (Wildman–Crippen LogP) is 3.79. The lowest BCUT2D eigenvalue weighted by Gasteiger charge is -2.10. The largest absolute Gasteiger partial charge is 0.489 e. The lowest BCUT2D eigenvalue weighted by atomic mass is 10.1. The second-order valence-electron chi connectivity index (χ2n) is 4.29. The Morgan fingerprint density at radius 2 is 1.89 bits per heavy atom. The van der Waals surface area contributed by atoms with Gasteiger partial charge in [0.05, 0.1) is 0 Å². The van der Waals surface area contributed by atoms with Crippen molar-refractivity contribution in [3.63, 3.8) is 0 Å². The average Bonchev–Trinajstić information content (AvgIpc) is 2.46. The highest BCUT2D eigenvalue weighted by atomic mass is 16.5. The van der Waals surface area contributed by atoms with E-state index in [9.17, 15) is 4.79 Å². The summed E-state index contributed by atoms with van der Waals surface area (Å²) in [5, 5.41) is 0. The first-order valence-electron chi connectivity index (χ1n) is 6.19. The molecule has 2 nitrogen and oxygen atoms in total. The molecule has 0 aliphatic heterocycles. The molecule has 2 aromatic rings. The van der Waals surface area contributed by atoms with Crippen LogP contribution < -0.4 is 4.74 Å². The quantitative estimate of drug-likeness (QED) is 0.598. The molecule has 0 saturated heterocycles. The van der Waals surface area contributed by atoms with Crippen molar-refractivity contribution in [3.8, 4) is 5.75 Å². The number of hydrogen-bond acceptors (Lipinski definition) is 2. The van der Waals surface area contributed by atoms with Crippen LogP contribution in [0.3, 0.4) is 0 Å². The topological polar surface area (TPSA) is 26.3 Å². The molecule has 96 valence electrons. The Hall–Kier alpha value is -2.35. The van der Waals surface area contributed by atoms with Gasteiger partial charge in [-0.05, 0) is 35.8 Å². The Balaban J connectivity index is 2.11. The zero-order chi connectivity index (χ0) is 13.5. The minimum Gasteiger partial charge on any atom is -0.489 e. The molecule has 2 rings (SSSR count). The first-order valence-corrected chi connectivity index (χ1v) is 6.19. The lowest BCUT2D eigenvalue weighted by molar-refractivity contribution is -0.104. The minimum absolute atomic E-state index is 0.544. The maximum Gasteiger partial charge on any atom is 0.142 e. The standard InChI is InChI=1S/C17H16O2/c1-14-9-10-15(8-5-11-18)12-17(14)19-13-16-6-3-2-4-7-16/h2-12H,13H2,1H3/b8-5+. The van der Waals surface area contributed by atoms with Crippen LogP contribution in [0.5, 0.6) is 5.75 Å². The maximum atomic E-state index is 10.3. The van der Waals surface area contributed by atoms with Crippen LogP contribution in [0.2, 0.25) is 0 Å². The molecule has 0 radical (unpaired) electrons. The van der Waals surface area contributed by atoms with Crippen LogP contribution in [0.15, 0.2) is 54.6 Å². The summed E-state index contributed by atoms with van der Waals surface area (Å²) in [7, 11) is 0. The van der Waals surface area contributed by atoms with Gasteiger partial charge in [0.25, 0.3) is 0 Å². The SMILES string of the molecule is Cc1ccc(/C=C/C=O)cc1OCc1ccccc1. The van der Waals surface area contributed by atoms with E-state index in [1.807, 2.05) is 55.5 Å². The molecule has 0 aliphatic carbocycles. The summed E-state index contributed by atoms with van der Waals surface area (Å²) in [4.78, 5) is 10.3. The van der Waals surface area contributed by atoms with Gasteiger partial charge in [0.1, 0.15) is 18.6 Å². The van der Waals surface area contributed by atoms with Crippen LogP contribution in [0.1, 0.15) is 16.7 Å². The second-order valence-corrected chi connectivity index (χ2v) is 4.29. The summed E-state index contributed by atoms with van der Waals surface area (Å²) in [5.74, 6) is 0.844. The fourth-order valence-corrected chi connectivity index (χ4v) is 1.76. The molecule has 0 heterocycles. The zero-order valence-electron chi connectivity index (χ0n) is 10.9. The van der Waals surface area contributed by atoms with Gasteiger partial charge in [-0.1, -0.05) is 48.5 Å². The van der Waals surface area contributed by atoms with Crippen molar-refractivity contribution in [2.45, 2.75) is 13.5 Å². The highest BCUT2D eigenvalue weighted by Crippen LogP contribution is 2.21. The van der Waals surface area contributed by atoms with E-state index in [1.54, 1.807) is 6.08 Å². The molecular formula is C17H16O2. The molecule has 0 aliphatic rings. The molecule has 0 N–H and O–H groups in total. The van der Waals surface area contributed by atoms with Gasteiger partial charge in [0, 0.05) is 0 Å². The Morgan fingerprint density at radius 1 is 1.11 bits per heavy atom. The van der Waals surface area contributed by atoms with Crippen LogP contribution in [-0.4, -0.2) is 6.29 Å². The normalized spacial score (nSPS) is 10.6. The number of aldehydes is 1. The van der Waals surface area contributed by atoms with Gasteiger partial charge in [-0.2, -0.15) is 0 Å². The van der Waals surface area contributed by atoms with E-state index in [0.717, 1.165) is 28.7 Å². The first kappa shape index (κ1) is 13.1. The Morgan fingerprint density at radius 3 is 2.63 bits per heavy atom. The summed E-state index contributed by atoms with van der Waals surface area (Å²) in [6.45, 7) is 2.55. The molecule has 0 bridgehead atoms. The van der Waals surface area contributed by atoms with Gasteiger partial charge in [-0.3, -0.25) is 4.79 Å². The summed E-state index contributed by atoms with van der Waals surface area (Å²) in [5.41, 5.74) is 3.18. The Kier molecular flexibility index (Phi) is 4.51. The molecule has 0 unspecified atom stereocenters. The molecule has 0 fully saturated rings. The number of aryl methyl sites for hydroxylation is 1.